The maximum Gasteiger partial charge on any atom is 0.255 e. The van der Waals surface area contributed by atoms with Crippen molar-refractivity contribution in [3.8, 4) is 5.75 Å². The number of rotatable bonds is 6. The van der Waals surface area contributed by atoms with E-state index in [0.717, 1.165) is 36.8 Å². The van der Waals surface area contributed by atoms with Crippen LogP contribution in [0.15, 0.2) is 72.9 Å². The molecule has 1 aromatic heterocycles. The van der Waals surface area contributed by atoms with E-state index < -0.39 is 0 Å². The average Bonchev–Trinajstić information content (AvgIpc) is 2.83. The molecular formula is C24H26N4O2. The van der Waals surface area contributed by atoms with Gasteiger partial charge in [-0.2, -0.15) is 0 Å². The Morgan fingerprint density at radius 1 is 1.17 bits per heavy atom. The van der Waals surface area contributed by atoms with Gasteiger partial charge in [0.25, 0.3) is 5.91 Å². The minimum Gasteiger partial charge on any atom is -0.497 e. The number of carbonyl (C=O) groups excluding carboxylic acids is 1. The number of benzene rings is 2. The molecule has 154 valence electrons. The van der Waals surface area contributed by atoms with Crippen LogP contribution in [0.1, 0.15) is 27.5 Å². The number of pyridine rings is 1. The Balaban J connectivity index is 1.48. The average molecular weight is 402 g/mol. The van der Waals surface area contributed by atoms with Crippen molar-refractivity contribution in [2.45, 2.75) is 12.6 Å². The maximum atomic E-state index is 13.0. The Morgan fingerprint density at radius 2 is 2.03 bits per heavy atom. The van der Waals surface area contributed by atoms with Gasteiger partial charge < -0.3 is 20.3 Å². The second-order valence-electron chi connectivity index (χ2n) is 7.27. The molecule has 1 aliphatic heterocycles. The number of piperazine rings is 1. The van der Waals surface area contributed by atoms with Gasteiger partial charge in [-0.1, -0.05) is 42.5 Å². The van der Waals surface area contributed by atoms with Gasteiger partial charge in [0.15, 0.2) is 0 Å². The van der Waals surface area contributed by atoms with Crippen LogP contribution < -0.4 is 20.3 Å². The summed E-state index contributed by atoms with van der Waals surface area (Å²) in [5.41, 5.74) is 2.82. The van der Waals surface area contributed by atoms with E-state index in [-0.39, 0.29) is 11.9 Å². The van der Waals surface area contributed by atoms with E-state index >= 15 is 0 Å². The van der Waals surface area contributed by atoms with Crippen LogP contribution in [0.2, 0.25) is 0 Å². The number of nitrogens with zero attached hydrogens (tertiary/aromatic N) is 2. The zero-order chi connectivity index (χ0) is 20.8. The first-order valence-corrected chi connectivity index (χ1v) is 10.1. The largest absolute Gasteiger partial charge is 0.497 e. The van der Waals surface area contributed by atoms with Gasteiger partial charge in [-0.15, -0.1) is 0 Å². The zero-order valence-electron chi connectivity index (χ0n) is 17.0. The van der Waals surface area contributed by atoms with Crippen molar-refractivity contribution < 1.29 is 9.53 Å². The minimum atomic E-state index is -0.129. The fraction of sp³-hybridized carbons (Fsp3) is 0.250. The van der Waals surface area contributed by atoms with E-state index in [4.69, 9.17) is 4.74 Å². The molecule has 0 aliphatic carbocycles. The third kappa shape index (κ3) is 4.60. The lowest BCUT2D eigenvalue weighted by molar-refractivity contribution is 0.0951. The molecule has 30 heavy (non-hydrogen) atoms. The Labute approximate surface area is 176 Å². The lowest BCUT2D eigenvalue weighted by atomic mass is 10.0. The highest BCUT2D eigenvalue weighted by Crippen LogP contribution is 2.24. The van der Waals surface area contributed by atoms with E-state index in [1.807, 2.05) is 48.5 Å². The van der Waals surface area contributed by atoms with Gasteiger partial charge in [0, 0.05) is 38.4 Å². The molecule has 2 heterocycles. The van der Waals surface area contributed by atoms with Gasteiger partial charge in [-0.05, 0) is 35.4 Å². The Morgan fingerprint density at radius 3 is 2.87 bits per heavy atom. The fourth-order valence-corrected chi connectivity index (χ4v) is 3.74. The second kappa shape index (κ2) is 9.41. The van der Waals surface area contributed by atoms with Crippen LogP contribution in [-0.2, 0) is 6.54 Å². The summed E-state index contributed by atoms with van der Waals surface area (Å²) in [5, 5.41) is 6.57. The maximum absolute atomic E-state index is 13.0. The monoisotopic (exact) mass is 402 g/mol. The molecule has 3 aromatic rings. The number of hydrogen-bond acceptors (Lipinski definition) is 5. The first-order valence-electron chi connectivity index (χ1n) is 10.1. The number of nitrogens with one attached hydrogen (secondary N) is 2. The number of amides is 1. The van der Waals surface area contributed by atoms with Crippen molar-refractivity contribution in [2.24, 2.45) is 0 Å². The minimum absolute atomic E-state index is 0.129. The lowest BCUT2D eigenvalue weighted by Crippen LogP contribution is -2.46. The molecular weight excluding hydrogens is 376 g/mol. The second-order valence-corrected chi connectivity index (χ2v) is 7.27. The molecule has 0 radical (unpaired) electrons. The summed E-state index contributed by atoms with van der Waals surface area (Å²) >= 11 is 0. The molecule has 1 saturated heterocycles. The molecule has 6 nitrogen and oxygen atoms in total. The molecule has 2 aromatic carbocycles. The summed E-state index contributed by atoms with van der Waals surface area (Å²) in [6, 6.07) is 21.9. The van der Waals surface area contributed by atoms with Crippen molar-refractivity contribution in [3.63, 3.8) is 0 Å². The lowest BCUT2D eigenvalue weighted by Gasteiger charge is -2.35. The van der Waals surface area contributed by atoms with Crippen LogP contribution in [0, 0.1) is 0 Å². The summed E-state index contributed by atoms with van der Waals surface area (Å²) in [6.45, 7) is 2.83. The number of ether oxygens (including phenoxy) is 1. The van der Waals surface area contributed by atoms with Crippen LogP contribution >= 0.6 is 0 Å². The van der Waals surface area contributed by atoms with Crippen LogP contribution in [0.25, 0.3) is 0 Å². The van der Waals surface area contributed by atoms with E-state index in [0.29, 0.717) is 12.1 Å². The first-order chi connectivity index (χ1) is 14.7. The molecule has 2 N–H and O–H groups in total. The summed E-state index contributed by atoms with van der Waals surface area (Å²) < 4.78 is 5.26. The predicted octanol–water partition coefficient (Wildman–Crippen LogP) is 3.17. The summed E-state index contributed by atoms with van der Waals surface area (Å²) in [5.74, 6) is 1.37. The smallest absolute Gasteiger partial charge is 0.255 e. The SMILES string of the molecule is COc1cccc(CNC(=O)c2cccnc2N2CCN[C@H](c3ccccc3)C2)c1. The Bertz CT molecular complexity index is 993. The first kappa shape index (κ1) is 19.9. The number of carbonyl (C=O) groups is 1. The summed E-state index contributed by atoms with van der Waals surface area (Å²) in [4.78, 5) is 19.7. The van der Waals surface area contributed by atoms with E-state index in [1.54, 1.807) is 19.4 Å². The molecule has 0 spiro atoms. The van der Waals surface area contributed by atoms with Crippen LogP contribution in [0.4, 0.5) is 5.82 Å². The van der Waals surface area contributed by atoms with Crippen LogP contribution in [0.3, 0.4) is 0 Å². The normalized spacial score (nSPS) is 16.2. The van der Waals surface area contributed by atoms with E-state index in [2.05, 4.69) is 32.7 Å². The number of hydrogen-bond donors (Lipinski definition) is 2. The Hall–Kier alpha value is -3.38. The topological polar surface area (TPSA) is 66.5 Å². The van der Waals surface area contributed by atoms with Crippen molar-refractivity contribution in [1.82, 2.24) is 15.6 Å². The predicted molar refractivity (Wildman–Crippen MR) is 118 cm³/mol. The molecule has 4 rings (SSSR count). The number of aromatic nitrogens is 1. The highest BCUT2D eigenvalue weighted by Gasteiger charge is 2.25. The quantitative estimate of drug-likeness (QED) is 0.663. The number of anilines is 1. The molecule has 0 bridgehead atoms. The van der Waals surface area contributed by atoms with E-state index in [9.17, 15) is 4.79 Å². The van der Waals surface area contributed by atoms with Crippen molar-refractivity contribution in [1.29, 1.82) is 0 Å². The third-order valence-corrected chi connectivity index (χ3v) is 5.30. The number of methoxy groups -OCH3 is 1. The van der Waals surface area contributed by atoms with Gasteiger partial charge in [-0.25, -0.2) is 4.98 Å². The van der Waals surface area contributed by atoms with E-state index in [1.165, 1.54) is 5.56 Å². The molecule has 0 saturated carbocycles. The highest BCUT2D eigenvalue weighted by atomic mass is 16.5. The van der Waals surface area contributed by atoms with Gasteiger partial charge in [0.2, 0.25) is 0 Å². The fourth-order valence-electron chi connectivity index (χ4n) is 3.74. The molecule has 1 amide bonds. The molecule has 1 fully saturated rings. The van der Waals surface area contributed by atoms with Gasteiger partial charge in [0.05, 0.1) is 12.7 Å². The van der Waals surface area contributed by atoms with Crippen molar-refractivity contribution in [3.05, 3.63) is 89.6 Å². The molecule has 1 atom stereocenters. The molecule has 6 heteroatoms. The summed E-state index contributed by atoms with van der Waals surface area (Å²) in [7, 11) is 1.63. The third-order valence-electron chi connectivity index (χ3n) is 5.30. The van der Waals surface area contributed by atoms with Crippen molar-refractivity contribution >= 4 is 11.7 Å². The zero-order valence-corrected chi connectivity index (χ0v) is 17.0. The van der Waals surface area contributed by atoms with Crippen molar-refractivity contribution in [2.75, 3.05) is 31.6 Å². The summed E-state index contributed by atoms with van der Waals surface area (Å²) in [6.07, 6.45) is 1.74. The van der Waals surface area contributed by atoms with Crippen LogP contribution in [0.5, 0.6) is 5.75 Å². The molecule has 0 unspecified atom stereocenters. The van der Waals surface area contributed by atoms with Crippen LogP contribution in [-0.4, -0.2) is 37.6 Å². The Kier molecular flexibility index (Phi) is 6.25. The van der Waals surface area contributed by atoms with Gasteiger partial charge in [0.1, 0.15) is 11.6 Å². The molecule has 1 aliphatic rings. The highest BCUT2D eigenvalue weighted by molar-refractivity contribution is 5.98. The van der Waals surface area contributed by atoms with Gasteiger partial charge >= 0.3 is 0 Å². The van der Waals surface area contributed by atoms with Gasteiger partial charge in [-0.3, -0.25) is 4.79 Å². The standard InChI is InChI=1S/C24H26N4O2/c1-30-20-10-5-7-18(15-20)16-27-24(29)21-11-6-12-26-23(21)28-14-13-25-22(17-28)19-8-3-2-4-9-19/h2-12,15,22,25H,13-14,16-17H2,1H3,(H,27,29)/t22-/m0/s1.